The Labute approximate surface area is 96.0 Å². The lowest BCUT2D eigenvalue weighted by atomic mass is 10.1. The molecule has 0 aliphatic rings. The topological polar surface area (TPSA) is 54.1 Å². The number of H-pyrrole nitrogens is 1. The number of ether oxygens (including phenoxy) is 1. The predicted molar refractivity (Wildman–Crippen MR) is 64.7 cm³/mol. The standard InChI is InChI=1S/C12H20N2O2/c1-9(2)11-5-4-10(12(15)14-11)8-13-6-7-16-3/h4-5,9,13H,6-8H2,1-3H3,(H,14,15). The minimum atomic E-state index is -0.00360. The molecule has 0 unspecified atom stereocenters. The van der Waals surface area contributed by atoms with Gasteiger partial charge in [0.1, 0.15) is 0 Å². The predicted octanol–water partition coefficient (Wildman–Crippen LogP) is 1.23. The van der Waals surface area contributed by atoms with Crippen molar-refractivity contribution in [2.45, 2.75) is 26.3 Å². The molecule has 0 aromatic carbocycles. The van der Waals surface area contributed by atoms with Gasteiger partial charge in [-0.1, -0.05) is 19.9 Å². The van der Waals surface area contributed by atoms with Gasteiger partial charge >= 0.3 is 0 Å². The van der Waals surface area contributed by atoms with E-state index >= 15 is 0 Å². The summed E-state index contributed by atoms with van der Waals surface area (Å²) in [5.74, 6) is 0.350. The Morgan fingerprint density at radius 1 is 1.44 bits per heavy atom. The average Bonchev–Trinajstić information content (AvgIpc) is 2.26. The Balaban J connectivity index is 2.58. The zero-order chi connectivity index (χ0) is 12.0. The van der Waals surface area contributed by atoms with Gasteiger partial charge in [-0.05, 0) is 12.0 Å². The third kappa shape index (κ3) is 3.79. The molecule has 2 N–H and O–H groups in total. The summed E-state index contributed by atoms with van der Waals surface area (Å²) in [4.78, 5) is 14.6. The summed E-state index contributed by atoms with van der Waals surface area (Å²) in [6.07, 6.45) is 0. The molecule has 0 saturated carbocycles. The van der Waals surface area contributed by atoms with Gasteiger partial charge < -0.3 is 15.0 Å². The number of aromatic amines is 1. The molecule has 1 heterocycles. The molecule has 4 nitrogen and oxygen atoms in total. The molecule has 0 amide bonds. The molecule has 1 aromatic heterocycles. The largest absolute Gasteiger partial charge is 0.383 e. The molecular weight excluding hydrogens is 204 g/mol. The first-order chi connectivity index (χ1) is 7.65. The molecule has 0 saturated heterocycles. The van der Waals surface area contributed by atoms with Crippen LogP contribution in [0.25, 0.3) is 0 Å². The van der Waals surface area contributed by atoms with Gasteiger partial charge in [0, 0.05) is 31.5 Å². The van der Waals surface area contributed by atoms with Gasteiger partial charge in [0.15, 0.2) is 0 Å². The third-order valence-corrected chi connectivity index (χ3v) is 2.43. The summed E-state index contributed by atoms with van der Waals surface area (Å²) in [6, 6.07) is 3.85. The molecule has 0 atom stereocenters. The maximum atomic E-state index is 11.7. The Morgan fingerprint density at radius 3 is 2.75 bits per heavy atom. The minimum absolute atomic E-state index is 0.00360. The molecule has 0 bridgehead atoms. The first-order valence-electron chi connectivity index (χ1n) is 5.57. The van der Waals surface area contributed by atoms with E-state index in [-0.39, 0.29) is 5.56 Å². The molecule has 16 heavy (non-hydrogen) atoms. The minimum Gasteiger partial charge on any atom is -0.383 e. The van der Waals surface area contributed by atoms with Crippen molar-refractivity contribution in [3.63, 3.8) is 0 Å². The highest BCUT2D eigenvalue weighted by Gasteiger charge is 2.03. The van der Waals surface area contributed by atoms with Crippen molar-refractivity contribution in [3.05, 3.63) is 33.7 Å². The van der Waals surface area contributed by atoms with Crippen molar-refractivity contribution in [2.24, 2.45) is 0 Å². The number of hydrogen-bond acceptors (Lipinski definition) is 3. The van der Waals surface area contributed by atoms with Crippen molar-refractivity contribution in [1.82, 2.24) is 10.3 Å². The second-order valence-electron chi connectivity index (χ2n) is 4.09. The SMILES string of the molecule is COCCNCc1ccc(C(C)C)[nH]c1=O. The number of hydrogen-bond donors (Lipinski definition) is 2. The van der Waals surface area contributed by atoms with Crippen LogP contribution in [0.5, 0.6) is 0 Å². The maximum Gasteiger partial charge on any atom is 0.252 e. The fraction of sp³-hybridized carbons (Fsp3) is 0.583. The van der Waals surface area contributed by atoms with Gasteiger partial charge in [-0.3, -0.25) is 4.79 Å². The van der Waals surface area contributed by atoms with E-state index in [9.17, 15) is 4.79 Å². The van der Waals surface area contributed by atoms with Gasteiger partial charge in [-0.15, -0.1) is 0 Å². The number of rotatable bonds is 6. The van der Waals surface area contributed by atoms with E-state index in [1.165, 1.54) is 0 Å². The van der Waals surface area contributed by atoms with Crippen LogP contribution in [0.2, 0.25) is 0 Å². The van der Waals surface area contributed by atoms with Crippen molar-refractivity contribution in [2.75, 3.05) is 20.3 Å². The maximum absolute atomic E-state index is 11.7. The summed E-state index contributed by atoms with van der Waals surface area (Å²) in [5.41, 5.74) is 1.74. The lowest BCUT2D eigenvalue weighted by Gasteiger charge is -2.07. The van der Waals surface area contributed by atoms with E-state index in [2.05, 4.69) is 24.1 Å². The Morgan fingerprint density at radius 2 is 2.19 bits per heavy atom. The molecule has 0 spiro atoms. The Bertz CT molecular complexity index is 372. The van der Waals surface area contributed by atoms with Crippen LogP contribution in [0.4, 0.5) is 0 Å². The smallest absolute Gasteiger partial charge is 0.252 e. The highest BCUT2D eigenvalue weighted by molar-refractivity contribution is 5.16. The molecule has 1 aromatic rings. The van der Waals surface area contributed by atoms with E-state index < -0.39 is 0 Å². The van der Waals surface area contributed by atoms with Gasteiger partial charge in [0.2, 0.25) is 0 Å². The molecule has 0 radical (unpaired) electrons. The van der Waals surface area contributed by atoms with E-state index in [0.29, 0.717) is 19.1 Å². The number of pyridine rings is 1. The van der Waals surface area contributed by atoms with Crippen molar-refractivity contribution in [3.8, 4) is 0 Å². The van der Waals surface area contributed by atoms with Crippen LogP contribution >= 0.6 is 0 Å². The summed E-state index contributed by atoms with van der Waals surface area (Å²) >= 11 is 0. The fourth-order valence-corrected chi connectivity index (χ4v) is 1.39. The fourth-order valence-electron chi connectivity index (χ4n) is 1.39. The van der Waals surface area contributed by atoms with Gasteiger partial charge in [-0.25, -0.2) is 0 Å². The first kappa shape index (κ1) is 12.9. The van der Waals surface area contributed by atoms with Crippen LogP contribution < -0.4 is 10.9 Å². The van der Waals surface area contributed by atoms with Crippen LogP contribution in [0, 0.1) is 0 Å². The first-order valence-corrected chi connectivity index (χ1v) is 5.57. The van der Waals surface area contributed by atoms with Crippen LogP contribution in [0.15, 0.2) is 16.9 Å². The molecule has 90 valence electrons. The summed E-state index contributed by atoms with van der Waals surface area (Å²) in [6.45, 7) is 6.10. The lowest BCUT2D eigenvalue weighted by molar-refractivity contribution is 0.199. The number of aromatic nitrogens is 1. The van der Waals surface area contributed by atoms with Crippen LogP contribution in [-0.2, 0) is 11.3 Å². The third-order valence-electron chi connectivity index (χ3n) is 2.43. The second kappa shape index (κ2) is 6.45. The van der Waals surface area contributed by atoms with Gasteiger partial charge in [0.05, 0.1) is 6.61 Å². The molecule has 4 heteroatoms. The highest BCUT2D eigenvalue weighted by Crippen LogP contribution is 2.08. The van der Waals surface area contributed by atoms with Crippen molar-refractivity contribution in [1.29, 1.82) is 0 Å². The van der Waals surface area contributed by atoms with Crippen molar-refractivity contribution >= 4 is 0 Å². The number of methoxy groups -OCH3 is 1. The van der Waals surface area contributed by atoms with Gasteiger partial charge in [0.25, 0.3) is 5.56 Å². The van der Waals surface area contributed by atoms with Crippen LogP contribution in [0.1, 0.15) is 31.0 Å². The molecule has 0 aliphatic heterocycles. The Kier molecular flexibility index (Phi) is 5.22. The summed E-state index contributed by atoms with van der Waals surface area (Å²) < 4.78 is 4.91. The van der Waals surface area contributed by atoms with Crippen LogP contribution in [0.3, 0.4) is 0 Å². The molecule has 1 rings (SSSR count). The normalized spacial score (nSPS) is 11.0. The van der Waals surface area contributed by atoms with Crippen LogP contribution in [-0.4, -0.2) is 25.2 Å². The summed E-state index contributed by atoms with van der Waals surface area (Å²) in [7, 11) is 1.66. The molecule has 0 aliphatic carbocycles. The van der Waals surface area contributed by atoms with E-state index in [1.54, 1.807) is 7.11 Å². The molecular formula is C12H20N2O2. The lowest BCUT2D eigenvalue weighted by Crippen LogP contribution is -2.24. The Hall–Kier alpha value is -1.13. The molecule has 0 fully saturated rings. The quantitative estimate of drug-likeness (QED) is 0.715. The van der Waals surface area contributed by atoms with Crippen molar-refractivity contribution < 1.29 is 4.74 Å². The number of nitrogens with one attached hydrogen (secondary N) is 2. The monoisotopic (exact) mass is 224 g/mol. The van der Waals surface area contributed by atoms with E-state index in [1.807, 2.05) is 12.1 Å². The zero-order valence-corrected chi connectivity index (χ0v) is 10.2. The second-order valence-corrected chi connectivity index (χ2v) is 4.09. The summed E-state index contributed by atoms with van der Waals surface area (Å²) in [5, 5.41) is 3.15. The highest BCUT2D eigenvalue weighted by atomic mass is 16.5. The van der Waals surface area contributed by atoms with Gasteiger partial charge in [-0.2, -0.15) is 0 Å². The average molecular weight is 224 g/mol. The van der Waals surface area contributed by atoms with E-state index in [4.69, 9.17) is 4.74 Å². The zero-order valence-electron chi connectivity index (χ0n) is 10.2. The van der Waals surface area contributed by atoms with E-state index in [0.717, 1.165) is 17.8 Å².